The Balaban J connectivity index is 2.64. The van der Waals surface area contributed by atoms with Crippen LogP contribution in [0.25, 0.3) is 0 Å². The highest BCUT2D eigenvalue weighted by Crippen LogP contribution is 2.19. The number of nitrogens with zero attached hydrogens (tertiary/aromatic N) is 1. The Kier molecular flexibility index (Phi) is 6.91. The summed E-state index contributed by atoms with van der Waals surface area (Å²) in [5, 5.41) is 3.80. The lowest BCUT2D eigenvalue weighted by Crippen LogP contribution is -2.50. The van der Waals surface area contributed by atoms with Gasteiger partial charge in [-0.15, -0.1) is 0 Å². The molecule has 1 aromatic rings. The van der Waals surface area contributed by atoms with E-state index in [-0.39, 0.29) is 11.5 Å². The maximum absolute atomic E-state index is 11.9. The van der Waals surface area contributed by atoms with Gasteiger partial charge in [0.2, 0.25) is 0 Å². The van der Waals surface area contributed by atoms with Crippen LogP contribution in [0, 0.1) is 6.92 Å². The maximum atomic E-state index is 11.9. The molecule has 1 unspecified atom stereocenters. The van der Waals surface area contributed by atoms with Gasteiger partial charge in [0.05, 0.1) is 7.11 Å². The molecule has 0 amide bonds. The van der Waals surface area contributed by atoms with Crippen molar-refractivity contribution in [2.45, 2.75) is 44.3 Å². The summed E-state index contributed by atoms with van der Waals surface area (Å²) < 4.78 is 4.87. The lowest BCUT2D eigenvalue weighted by Gasteiger charge is -2.27. The Morgan fingerprint density at radius 1 is 1.57 bits per heavy atom. The quantitative estimate of drug-likeness (QED) is 0.430. The molecule has 1 atom stereocenters. The van der Waals surface area contributed by atoms with Gasteiger partial charge in [0.25, 0.3) is 5.56 Å². The largest absolute Gasteiger partial charge is 0.468 e. The van der Waals surface area contributed by atoms with Crippen molar-refractivity contribution in [3.05, 3.63) is 22.1 Å². The number of H-pyrrole nitrogens is 1. The van der Waals surface area contributed by atoms with E-state index in [2.05, 4.69) is 15.3 Å². The second kappa shape index (κ2) is 8.19. The van der Waals surface area contributed by atoms with Crippen LogP contribution in [0.15, 0.2) is 16.0 Å². The number of aryl methyl sites for hydroxylation is 1. The van der Waals surface area contributed by atoms with Crippen molar-refractivity contribution in [3.8, 4) is 0 Å². The number of esters is 1. The predicted octanol–water partition coefficient (Wildman–Crippen LogP) is 1.49. The first-order valence-electron chi connectivity index (χ1n) is 6.95. The Morgan fingerprint density at radius 3 is 2.86 bits per heavy atom. The number of hydrogen-bond acceptors (Lipinski definition) is 6. The van der Waals surface area contributed by atoms with Gasteiger partial charge >= 0.3 is 5.97 Å². The van der Waals surface area contributed by atoms with E-state index in [4.69, 9.17) is 4.74 Å². The number of ether oxygens (including phenoxy) is 1. The fraction of sp³-hybridized carbons (Fsp3) is 0.643. The first kappa shape index (κ1) is 17.7. The standard InChI is InChI=1S/C14H23N3O3S/c1-5-7-15-14(3,12(19)20-4)6-8-21-13-16-10(2)9-11(18)17-13/h9,15H,5-8H2,1-4H3,(H,16,17,18). The highest BCUT2D eigenvalue weighted by molar-refractivity contribution is 7.99. The first-order valence-corrected chi connectivity index (χ1v) is 7.94. The monoisotopic (exact) mass is 313 g/mol. The van der Waals surface area contributed by atoms with Gasteiger partial charge in [0, 0.05) is 17.5 Å². The third-order valence-electron chi connectivity index (χ3n) is 3.09. The normalized spacial score (nSPS) is 13.7. The molecule has 0 radical (unpaired) electrons. The zero-order valence-corrected chi connectivity index (χ0v) is 13.8. The van der Waals surface area contributed by atoms with Gasteiger partial charge in [-0.1, -0.05) is 18.7 Å². The SMILES string of the molecule is CCCNC(C)(CCSc1nc(C)cc(=O)[nH]1)C(=O)OC. The number of methoxy groups -OCH3 is 1. The zero-order valence-electron chi connectivity index (χ0n) is 13.0. The van der Waals surface area contributed by atoms with E-state index in [1.807, 2.05) is 13.8 Å². The number of nitrogens with one attached hydrogen (secondary N) is 2. The molecule has 0 aromatic carbocycles. The van der Waals surface area contributed by atoms with Crippen molar-refractivity contribution in [1.82, 2.24) is 15.3 Å². The van der Waals surface area contributed by atoms with Crippen molar-refractivity contribution in [2.24, 2.45) is 0 Å². The average molecular weight is 313 g/mol. The summed E-state index contributed by atoms with van der Waals surface area (Å²) in [5.74, 6) is 0.372. The lowest BCUT2D eigenvalue weighted by molar-refractivity contribution is -0.148. The zero-order chi connectivity index (χ0) is 15.9. The van der Waals surface area contributed by atoms with E-state index in [0.29, 0.717) is 23.0 Å². The molecule has 1 aromatic heterocycles. The Labute approximate surface area is 129 Å². The molecule has 0 aliphatic rings. The maximum Gasteiger partial charge on any atom is 0.325 e. The Morgan fingerprint density at radius 2 is 2.29 bits per heavy atom. The molecule has 1 heterocycles. The van der Waals surface area contributed by atoms with E-state index in [9.17, 15) is 9.59 Å². The number of carbonyl (C=O) groups is 1. The molecule has 21 heavy (non-hydrogen) atoms. The number of thioether (sulfide) groups is 1. The fourth-order valence-electron chi connectivity index (χ4n) is 1.86. The summed E-state index contributed by atoms with van der Waals surface area (Å²) in [7, 11) is 1.39. The van der Waals surface area contributed by atoms with E-state index < -0.39 is 5.54 Å². The topological polar surface area (TPSA) is 84.1 Å². The number of rotatable bonds is 8. The molecule has 0 aliphatic heterocycles. The van der Waals surface area contributed by atoms with Crippen molar-refractivity contribution in [1.29, 1.82) is 0 Å². The Bertz CT molecular complexity index is 532. The van der Waals surface area contributed by atoms with Gasteiger partial charge in [-0.05, 0) is 33.2 Å². The molecule has 0 fully saturated rings. The van der Waals surface area contributed by atoms with Crippen molar-refractivity contribution in [2.75, 3.05) is 19.4 Å². The van der Waals surface area contributed by atoms with Gasteiger partial charge in [-0.2, -0.15) is 0 Å². The van der Waals surface area contributed by atoms with Gasteiger partial charge in [-0.3, -0.25) is 9.59 Å². The molecular formula is C14H23N3O3S. The number of carbonyl (C=O) groups excluding carboxylic acids is 1. The van der Waals surface area contributed by atoms with Gasteiger partial charge in [0.1, 0.15) is 5.54 Å². The van der Waals surface area contributed by atoms with Gasteiger partial charge < -0.3 is 15.0 Å². The molecular weight excluding hydrogens is 290 g/mol. The molecule has 0 spiro atoms. The highest BCUT2D eigenvalue weighted by Gasteiger charge is 2.33. The summed E-state index contributed by atoms with van der Waals surface area (Å²) >= 11 is 1.42. The average Bonchev–Trinajstić information content (AvgIpc) is 2.43. The van der Waals surface area contributed by atoms with Crippen molar-refractivity contribution < 1.29 is 9.53 Å². The first-order chi connectivity index (χ1) is 9.91. The fourth-order valence-corrected chi connectivity index (χ4v) is 2.95. The van der Waals surface area contributed by atoms with E-state index in [0.717, 1.165) is 13.0 Å². The second-order valence-electron chi connectivity index (χ2n) is 5.04. The number of aromatic amines is 1. The molecule has 0 bridgehead atoms. The van der Waals surface area contributed by atoms with E-state index >= 15 is 0 Å². The highest BCUT2D eigenvalue weighted by atomic mass is 32.2. The molecule has 7 heteroatoms. The molecule has 6 nitrogen and oxygen atoms in total. The molecule has 0 aliphatic carbocycles. The van der Waals surface area contributed by atoms with E-state index in [1.54, 1.807) is 6.92 Å². The lowest BCUT2D eigenvalue weighted by atomic mass is 9.99. The van der Waals surface area contributed by atoms with Crippen LogP contribution in [0.2, 0.25) is 0 Å². The van der Waals surface area contributed by atoms with Crippen LogP contribution in [0.1, 0.15) is 32.4 Å². The van der Waals surface area contributed by atoms with Crippen LogP contribution in [-0.4, -0.2) is 40.9 Å². The van der Waals surface area contributed by atoms with Gasteiger partial charge in [0.15, 0.2) is 5.16 Å². The van der Waals surface area contributed by atoms with Crippen molar-refractivity contribution in [3.63, 3.8) is 0 Å². The van der Waals surface area contributed by atoms with Gasteiger partial charge in [-0.25, -0.2) is 4.98 Å². The van der Waals surface area contributed by atoms with Crippen LogP contribution in [0.3, 0.4) is 0 Å². The van der Waals surface area contributed by atoms with Crippen LogP contribution >= 0.6 is 11.8 Å². The summed E-state index contributed by atoms with van der Waals surface area (Å²) in [6.07, 6.45) is 1.52. The van der Waals surface area contributed by atoms with E-state index in [1.165, 1.54) is 24.9 Å². The molecule has 118 valence electrons. The Hall–Kier alpha value is -1.34. The third-order valence-corrected chi connectivity index (χ3v) is 3.96. The third kappa shape index (κ3) is 5.51. The summed E-state index contributed by atoms with van der Waals surface area (Å²) in [6, 6.07) is 1.45. The minimum atomic E-state index is -0.720. The minimum Gasteiger partial charge on any atom is -0.468 e. The van der Waals surface area contributed by atoms with Crippen LogP contribution in [-0.2, 0) is 9.53 Å². The molecule has 2 N–H and O–H groups in total. The predicted molar refractivity (Wildman–Crippen MR) is 83.7 cm³/mol. The van der Waals surface area contributed by atoms with Crippen LogP contribution in [0.5, 0.6) is 0 Å². The summed E-state index contributed by atoms with van der Waals surface area (Å²) in [5.41, 5.74) is -0.201. The summed E-state index contributed by atoms with van der Waals surface area (Å²) in [4.78, 5) is 30.2. The van der Waals surface area contributed by atoms with Crippen molar-refractivity contribution >= 4 is 17.7 Å². The molecule has 0 saturated heterocycles. The summed E-state index contributed by atoms with van der Waals surface area (Å²) in [6.45, 7) is 6.40. The number of hydrogen-bond donors (Lipinski definition) is 2. The molecule has 1 rings (SSSR count). The molecule has 0 saturated carbocycles. The smallest absolute Gasteiger partial charge is 0.325 e. The van der Waals surface area contributed by atoms with Crippen LogP contribution in [0.4, 0.5) is 0 Å². The van der Waals surface area contributed by atoms with Crippen LogP contribution < -0.4 is 10.9 Å². The minimum absolute atomic E-state index is 0.162. The number of aromatic nitrogens is 2. The second-order valence-corrected chi connectivity index (χ2v) is 6.12.